The van der Waals surface area contributed by atoms with Gasteiger partial charge in [-0.3, -0.25) is 0 Å². The Morgan fingerprint density at radius 1 is 1.44 bits per heavy atom. The lowest BCUT2D eigenvalue weighted by molar-refractivity contribution is 0.0885. The Morgan fingerprint density at radius 2 is 2.17 bits per heavy atom. The van der Waals surface area contributed by atoms with Crippen LogP contribution >= 0.6 is 0 Å². The Morgan fingerprint density at radius 3 is 2.78 bits per heavy atom. The minimum Gasteiger partial charge on any atom is -0.495 e. The highest BCUT2D eigenvalue weighted by atomic mass is 16.5. The fraction of sp³-hybridized carbons (Fsp3) is 0.600. The number of hydrogen-bond donors (Lipinski definition) is 2. The first-order valence-electron chi connectivity index (χ1n) is 6.60. The van der Waals surface area contributed by atoms with Crippen LogP contribution in [0.4, 0.5) is 5.69 Å². The summed E-state index contributed by atoms with van der Waals surface area (Å²) in [6.45, 7) is 6.54. The Kier molecular flexibility index (Phi) is 3.53. The molecule has 2 rings (SSSR count). The first kappa shape index (κ1) is 13.2. The molecule has 1 aromatic carbocycles. The summed E-state index contributed by atoms with van der Waals surface area (Å²) < 4.78 is 5.40. The number of ether oxygens (including phenoxy) is 1. The summed E-state index contributed by atoms with van der Waals surface area (Å²) in [5.41, 5.74) is 2.22. The maximum atomic E-state index is 10.3. The van der Waals surface area contributed by atoms with Gasteiger partial charge in [-0.25, -0.2) is 0 Å². The SMILES string of the molecule is CCC(C)(C)C1Nc2c(cccc2OC)CC1O. The second-order valence-corrected chi connectivity index (χ2v) is 5.73. The number of aliphatic hydroxyl groups excluding tert-OH is 1. The summed E-state index contributed by atoms with van der Waals surface area (Å²) in [4.78, 5) is 0. The molecule has 0 saturated carbocycles. The molecule has 1 aliphatic heterocycles. The average Bonchev–Trinajstić information content (AvgIpc) is 2.36. The molecule has 18 heavy (non-hydrogen) atoms. The van der Waals surface area contributed by atoms with Crippen LogP contribution in [0.1, 0.15) is 32.8 Å². The van der Waals surface area contributed by atoms with Gasteiger partial charge in [-0.2, -0.15) is 0 Å². The molecule has 2 atom stereocenters. The van der Waals surface area contributed by atoms with E-state index in [4.69, 9.17) is 4.74 Å². The topological polar surface area (TPSA) is 41.5 Å². The molecule has 0 aromatic heterocycles. The molecular weight excluding hydrogens is 226 g/mol. The van der Waals surface area contributed by atoms with E-state index in [0.717, 1.165) is 23.4 Å². The second-order valence-electron chi connectivity index (χ2n) is 5.73. The van der Waals surface area contributed by atoms with Crippen LogP contribution in [-0.2, 0) is 6.42 Å². The van der Waals surface area contributed by atoms with E-state index in [2.05, 4.69) is 26.1 Å². The third kappa shape index (κ3) is 2.19. The molecule has 2 N–H and O–H groups in total. The van der Waals surface area contributed by atoms with Crippen molar-refractivity contribution in [1.29, 1.82) is 0 Å². The minimum atomic E-state index is -0.348. The molecule has 100 valence electrons. The van der Waals surface area contributed by atoms with Crippen LogP contribution in [0.2, 0.25) is 0 Å². The van der Waals surface area contributed by atoms with Gasteiger partial charge in [-0.15, -0.1) is 0 Å². The van der Waals surface area contributed by atoms with Crippen LogP contribution in [0.25, 0.3) is 0 Å². The van der Waals surface area contributed by atoms with E-state index in [1.165, 1.54) is 0 Å². The molecule has 1 heterocycles. The third-order valence-corrected chi connectivity index (χ3v) is 4.20. The lowest BCUT2D eigenvalue weighted by Crippen LogP contribution is -2.48. The van der Waals surface area contributed by atoms with Crippen molar-refractivity contribution >= 4 is 5.69 Å². The number of methoxy groups -OCH3 is 1. The van der Waals surface area contributed by atoms with Crippen molar-refractivity contribution in [2.75, 3.05) is 12.4 Å². The van der Waals surface area contributed by atoms with Crippen LogP contribution in [0, 0.1) is 5.41 Å². The average molecular weight is 249 g/mol. The number of benzene rings is 1. The van der Waals surface area contributed by atoms with Crippen molar-refractivity contribution in [1.82, 2.24) is 0 Å². The zero-order valence-corrected chi connectivity index (χ0v) is 11.7. The number of hydrogen-bond acceptors (Lipinski definition) is 3. The molecule has 0 spiro atoms. The molecule has 0 aliphatic carbocycles. The van der Waals surface area contributed by atoms with Gasteiger partial charge in [0.25, 0.3) is 0 Å². The third-order valence-electron chi connectivity index (χ3n) is 4.20. The van der Waals surface area contributed by atoms with Crippen molar-refractivity contribution in [3.63, 3.8) is 0 Å². The van der Waals surface area contributed by atoms with Gasteiger partial charge >= 0.3 is 0 Å². The Bertz CT molecular complexity index is 429. The summed E-state index contributed by atoms with van der Waals surface area (Å²) >= 11 is 0. The molecule has 0 fully saturated rings. The van der Waals surface area contributed by atoms with Gasteiger partial charge < -0.3 is 15.2 Å². The van der Waals surface area contributed by atoms with Gasteiger partial charge in [0.05, 0.1) is 24.9 Å². The predicted octanol–water partition coefficient (Wildman–Crippen LogP) is 2.83. The number of fused-ring (bicyclic) bond motifs is 1. The van der Waals surface area contributed by atoms with E-state index in [1.807, 2.05) is 18.2 Å². The summed E-state index contributed by atoms with van der Waals surface area (Å²) in [7, 11) is 1.68. The van der Waals surface area contributed by atoms with Crippen molar-refractivity contribution in [2.24, 2.45) is 5.41 Å². The monoisotopic (exact) mass is 249 g/mol. The minimum absolute atomic E-state index is 0.0535. The van der Waals surface area contributed by atoms with Gasteiger partial charge in [0.1, 0.15) is 5.75 Å². The molecule has 3 nitrogen and oxygen atoms in total. The van der Waals surface area contributed by atoms with Crippen molar-refractivity contribution in [3.05, 3.63) is 23.8 Å². The standard InChI is InChI=1S/C15H23NO2/c1-5-15(2,3)14-11(17)9-10-7-6-8-12(18-4)13(10)16-14/h6-8,11,14,16-17H,5,9H2,1-4H3. The number of aliphatic hydroxyl groups is 1. The van der Waals surface area contributed by atoms with Crippen LogP contribution < -0.4 is 10.1 Å². The summed E-state index contributed by atoms with van der Waals surface area (Å²) in [5, 5.41) is 13.8. The van der Waals surface area contributed by atoms with Gasteiger partial charge in [0.2, 0.25) is 0 Å². The van der Waals surface area contributed by atoms with Crippen molar-refractivity contribution < 1.29 is 9.84 Å². The van der Waals surface area contributed by atoms with Crippen molar-refractivity contribution in [3.8, 4) is 5.75 Å². The molecule has 2 unspecified atom stereocenters. The smallest absolute Gasteiger partial charge is 0.142 e. The maximum Gasteiger partial charge on any atom is 0.142 e. The van der Waals surface area contributed by atoms with Crippen LogP contribution in [0.3, 0.4) is 0 Å². The molecule has 0 amide bonds. The van der Waals surface area contributed by atoms with Gasteiger partial charge in [-0.05, 0) is 23.5 Å². The molecule has 0 bridgehead atoms. The van der Waals surface area contributed by atoms with E-state index in [1.54, 1.807) is 7.11 Å². The summed E-state index contributed by atoms with van der Waals surface area (Å²) in [5.74, 6) is 0.858. The van der Waals surface area contributed by atoms with E-state index in [9.17, 15) is 5.11 Å². The van der Waals surface area contributed by atoms with Crippen molar-refractivity contribution in [2.45, 2.75) is 45.8 Å². The zero-order valence-electron chi connectivity index (χ0n) is 11.7. The number of rotatable bonds is 3. The van der Waals surface area contributed by atoms with Gasteiger partial charge in [-0.1, -0.05) is 32.9 Å². The Labute approximate surface area is 109 Å². The maximum absolute atomic E-state index is 10.3. The van der Waals surface area contributed by atoms with E-state index >= 15 is 0 Å². The van der Waals surface area contributed by atoms with Crippen LogP contribution in [0.15, 0.2) is 18.2 Å². The highest BCUT2D eigenvalue weighted by molar-refractivity contribution is 5.64. The van der Waals surface area contributed by atoms with E-state index in [-0.39, 0.29) is 17.6 Å². The van der Waals surface area contributed by atoms with Crippen LogP contribution in [-0.4, -0.2) is 24.4 Å². The number of anilines is 1. The molecule has 1 aromatic rings. The highest BCUT2D eigenvalue weighted by Gasteiger charge is 2.37. The van der Waals surface area contributed by atoms with Crippen LogP contribution in [0.5, 0.6) is 5.75 Å². The normalized spacial score (nSPS) is 23.2. The van der Waals surface area contributed by atoms with E-state index < -0.39 is 0 Å². The summed E-state index contributed by atoms with van der Waals surface area (Å²) in [6, 6.07) is 6.03. The van der Waals surface area contributed by atoms with E-state index in [0.29, 0.717) is 6.42 Å². The first-order valence-corrected chi connectivity index (χ1v) is 6.60. The fourth-order valence-electron chi connectivity index (χ4n) is 2.61. The van der Waals surface area contributed by atoms with Gasteiger partial charge in [0.15, 0.2) is 0 Å². The molecule has 0 radical (unpaired) electrons. The second kappa shape index (κ2) is 4.81. The number of para-hydroxylation sites is 1. The Hall–Kier alpha value is -1.22. The predicted molar refractivity (Wildman–Crippen MR) is 74.2 cm³/mol. The molecular formula is C15H23NO2. The summed E-state index contributed by atoms with van der Waals surface area (Å²) in [6.07, 6.45) is 1.36. The lowest BCUT2D eigenvalue weighted by Gasteiger charge is -2.42. The lowest BCUT2D eigenvalue weighted by atomic mass is 9.76. The largest absolute Gasteiger partial charge is 0.495 e. The first-order chi connectivity index (χ1) is 8.49. The quantitative estimate of drug-likeness (QED) is 0.865. The fourth-order valence-corrected chi connectivity index (χ4v) is 2.61. The molecule has 1 aliphatic rings. The Balaban J connectivity index is 2.37. The van der Waals surface area contributed by atoms with Gasteiger partial charge in [0, 0.05) is 6.42 Å². The molecule has 3 heteroatoms. The zero-order chi connectivity index (χ0) is 13.3. The number of nitrogens with one attached hydrogen (secondary N) is 1. The molecule has 0 saturated heterocycles. The highest BCUT2D eigenvalue weighted by Crippen LogP contribution is 2.39.